The molecule has 37 heavy (non-hydrogen) atoms. The Bertz CT molecular complexity index is 1550. The van der Waals surface area contributed by atoms with Gasteiger partial charge in [0, 0.05) is 28.6 Å². The number of rotatable bonds is 5. The average molecular weight is 527 g/mol. The van der Waals surface area contributed by atoms with Gasteiger partial charge in [0.2, 0.25) is 10.0 Å². The second kappa shape index (κ2) is 9.68. The maximum Gasteiger partial charge on any atom is 0.433 e. The van der Waals surface area contributed by atoms with Gasteiger partial charge in [-0.3, -0.25) is 9.97 Å². The van der Waals surface area contributed by atoms with Gasteiger partial charge < -0.3 is 0 Å². The molecule has 0 bridgehead atoms. The fourth-order valence-corrected chi connectivity index (χ4v) is 5.19. The zero-order valence-corrected chi connectivity index (χ0v) is 21.4. The summed E-state index contributed by atoms with van der Waals surface area (Å²) in [5.41, 5.74) is 2.43. The van der Waals surface area contributed by atoms with Crippen LogP contribution in [0, 0.1) is 6.92 Å². The van der Waals surface area contributed by atoms with Gasteiger partial charge in [0.1, 0.15) is 5.69 Å². The minimum atomic E-state index is -4.51. The predicted octanol–water partition coefficient (Wildman–Crippen LogP) is 6.28. The van der Waals surface area contributed by atoms with Crippen molar-refractivity contribution in [2.24, 2.45) is 0 Å². The van der Waals surface area contributed by atoms with E-state index >= 15 is 0 Å². The number of aromatic nitrogens is 3. The molecule has 0 aliphatic heterocycles. The number of halogens is 3. The van der Waals surface area contributed by atoms with E-state index in [0.29, 0.717) is 39.5 Å². The Morgan fingerprint density at radius 3 is 2.11 bits per heavy atom. The van der Waals surface area contributed by atoms with Crippen LogP contribution in [0.2, 0.25) is 0 Å². The maximum atomic E-state index is 12.9. The molecule has 0 spiro atoms. The highest BCUT2D eigenvalue weighted by atomic mass is 32.2. The highest BCUT2D eigenvalue weighted by Crippen LogP contribution is 2.31. The lowest BCUT2D eigenvalue weighted by Crippen LogP contribution is -2.40. The molecule has 0 saturated carbocycles. The summed E-state index contributed by atoms with van der Waals surface area (Å²) >= 11 is 0. The summed E-state index contributed by atoms with van der Waals surface area (Å²) in [5.74, 6) is 0. The molecule has 10 heteroatoms. The molecule has 4 rings (SSSR count). The Balaban J connectivity index is 1.70. The first-order chi connectivity index (χ1) is 17.2. The summed E-state index contributed by atoms with van der Waals surface area (Å²) in [6.07, 6.45) is -3.33. The van der Waals surface area contributed by atoms with Crippen molar-refractivity contribution in [1.29, 1.82) is 0 Å². The highest BCUT2D eigenvalue weighted by molar-refractivity contribution is 7.89. The number of alkyl halides is 3. The zero-order valence-electron chi connectivity index (χ0n) is 20.6. The third kappa shape index (κ3) is 6.39. The molecule has 0 unspecified atom stereocenters. The quantitative estimate of drug-likeness (QED) is 0.331. The van der Waals surface area contributed by atoms with Crippen molar-refractivity contribution in [1.82, 2.24) is 19.7 Å². The first-order valence-corrected chi connectivity index (χ1v) is 12.8. The lowest BCUT2D eigenvalue weighted by Gasteiger charge is -2.20. The van der Waals surface area contributed by atoms with E-state index in [-0.39, 0.29) is 4.90 Å². The summed E-state index contributed by atoms with van der Waals surface area (Å²) in [6.45, 7) is 7.08. The van der Waals surface area contributed by atoms with E-state index in [1.807, 2.05) is 0 Å². The molecule has 6 nitrogen and oxygen atoms in total. The second-order valence-corrected chi connectivity index (χ2v) is 11.3. The van der Waals surface area contributed by atoms with Gasteiger partial charge in [-0.2, -0.15) is 13.2 Å². The van der Waals surface area contributed by atoms with Crippen molar-refractivity contribution in [2.75, 3.05) is 0 Å². The zero-order chi connectivity index (χ0) is 27.0. The largest absolute Gasteiger partial charge is 0.433 e. The molecule has 3 aromatic heterocycles. The normalized spacial score (nSPS) is 12.5. The van der Waals surface area contributed by atoms with E-state index in [0.717, 1.165) is 6.07 Å². The van der Waals surface area contributed by atoms with Crippen LogP contribution in [0.25, 0.3) is 33.8 Å². The van der Waals surface area contributed by atoms with Gasteiger partial charge in [-0.1, -0.05) is 24.3 Å². The molecule has 0 saturated heterocycles. The first kappa shape index (κ1) is 26.4. The monoisotopic (exact) mass is 526 g/mol. The van der Waals surface area contributed by atoms with Crippen LogP contribution in [-0.4, -0.2) is 28.9 Å². The van der Waals surface area contributed by atoms with E-state index in [9.17, 15) is 21.6 Å². The molecule has 3 heterocycles. The third-order valence-corrected chi connectivity index (χ3v) is 6.99. The van der Waals surface area contributed by atoms with Gasteiger partial charge in [0.05, 0.1) is 22.0 Å². The standard InChI is InChI=1S/C27H25F3N4O2S/c1-17-13-20(19-11-12-25(31-16-19)27(28,29)30)15-24(32-17)23-10-6-9-22(33-23)18-7-5-8-21(14-18)37(35,36)34-26(2,3)4/h5-16,34H,1-4H3. The molecule has 0 fully saturated rings. The first-order valence-electron chi connectivity index (χ1n) is 11.4. The van der Waals surface area contributed by atoms with Gasteiger partial charge in [0.25, 0.3) is 0 Å². The molecule has 0 radical (unpaired) electrons. The molecule has 1 N–H and O–H groups in total. The lowest BCUT2D eigenvalue weighted by atomic mass is 10.0. The van der Waals surface area contributed by atoms with Gasteiger partial charge in [-0.05, 0) is 75.7 Å². The maximum absolute atomic E-state index is 12.9. The average Bonchev–Trinajstić information content (AvgIpc) is 2.82. The Morgan fingerprint density at radius 2 is 1.46 bits per heavy atom. The van der Waals surface area contributed by atoms with Crippen LogP contribution >= 0.6 is 0 Å². The minimum absolute atomic E-state index is 0.123. The molecular weight excluding hydrogens is 501 g/mol. The van der Waals surface area contributed by atoms with Gasteiger partial charge >= 0.3 is 6.18 Å². The summed E-state index contributed by atoms with van der Waals surface area (Å²) in [5, 5.41) is 0. The Morgan fingerprint density at radius 1 is 0.757 bits per heavy atom. The molecule has 0 atom stereocenters. The molecule has 0 aliphatic carbocycles. The van der Waals surface area contributed by atoms with E-state index in [4.69, 9.17) is 4.98 Å². The van der Waals surface area contributed by atoms with Crippen molar-refractivity contribution >= 4 is 10.0 Å². The number of nitrogens with one attached hydrogen (secondary N) is 1. The fourth-order valence-electron chi connectivity index (χ4n) is 3.72. The fraction of sp³-hybridized carbons (Fsp3) is 0.222. The van der Waals surface area contributed by atoms with Gasteiger partial charge in [-0.15, -0.1) is 0 Å². The van der Waals surface area contributed by atoms with Crippen molar-refractivity contribution in [3.8, 4) is 33.8 Å². The van der Waals surface area contributed by atoms with Crippen LogP contribution in [0.5, 0.6) is 0 Å². The summed E-state index contributed by atoms with van der Waals surface area (Å²) in [4.78, 5) is 12.9. The molecule has 0 aliphatic rings. The molecule has 0 amide bonds. The predicted molar refractivity (Wildman–Crippen MR) is 136 cm³/mol. The number of pyridine rings is 3. The summed E-state index contributed by atoms with van der Waals surface area (Å²) in [7, 11) is -3.73. The number of benzene rings is 1. The van der Waals surface area contributed by atoms with Crippen LogP contribution in [0.1, 0.15) is 32.2 Å². The number of sulfonamides is 1. The smallest absolute Gasteiger partial charge is 0.251 e. The molecular formula is C27H25F3N4O2S. The van der Waals surface area contributed by atoms with E-state index in [2.05, 4.69) is 14.7 Å². The van der Waals surface area contributed by atoms with E-state index in [1.54, 1.807) is 76.2 Å². The topological polar surface area (TPSA) is 84.8 Å². The molecule has 192 valence electrons. The third-order valence-electron chi connectivity index (χ3n) is 5.23. The van der Waals surface area contributed by atoms with Crippen molar-refractivity contribution in [3.63, 3.8) is 0 Å². The SMILES string of the molecule is Cc1cc(-c2ccc(C(F)(F)F)nc2)cc(-c2cccc(-c3cccc(S(=O)(=O)NC(C)(C)C)c3)n2)n1. The summed E-state index contributed by atoms with van der Waals surface area (Å²) < 4.78 is 66.9. The minimum Gasteiger partial charge on any atom is -0.251 e. The van der Waals surface area contributed by atoms with Gasteiger partial charge in [0.15, 0.2) is 0 Å². The van der Waals surface area contributed by atoms with Crippen molar-refractivity contribution in [2.45, 2.75) is 44.3 Å². The second-order valence-electron chi connectivity index (χ2n) is 9.60. The number of nitrogens with zero attached hydrogens (tertiary/aromatic N) is 3. The Labute approximate surface area is 213 Å². The van der Waals surface area contributed by atoms with Crippen LogP contribution in [-0.2, 0) is 16.2 Å². The Hall–Kier alpha value is -3.63. The highest BCUT2D eigenvalue weighted by Gasteiger charge is 2.32. The van der Waals surface area contributed by atoms with Gasteiger partial charge in [-0.25, -0.2) is 18.1 Å². The number of aryl methyl sites for hydroxylation is 1. The van der Waals surface area contributed by atoms with Crippen molar-refractivity contribution < 1.29 is 21.6 Å². The lowest BCUT2D eigenvalue weighted by molar-refractivity contribution is -0.141. The molecule has 1 aromatic carbocycles. The number of hydrogen-bond acceptors (Lipinski definition) is 5. The number of hydrogen-bond donors (Lipinski definition) is 1. The van der Waals surface area contributed by atoms with Crippen LogP contribution < -0.4 is 4.72 Å². The van der Waals surface area contributed by atoms with Crippen molar-refractivity contribution in [3.05, 3.63) is 84.3 Å². The Kier molecular flexibility index (Phi) is 6.91. The van der Waals surface area contributed by atoms with E-state index in [1.165, 1.54) is 18.3 Å². The van der Waals surface area contributed by atoms with Crippen LogP contribution in [0.4, 0.5) is 13.2 Å². The summed E-state index contributed by atoms with van der Waals surface area (Å²) in [6, 6.07) is 17.6. The van der Waals surface area contributed by atoms with Crippen LogP contribution in [0.3, 0.4) is 0 Å². The van der Waals surface area contributed by atoms with Crippen LogP contribution in [0.15, 0.2) is 77.8 Å². The van der Waals surface area contributed by atoms with E-state index < -0.39 is 27.4 Å². The molecule has 4 aromatic rings.